The van der Waals surface area contributed by atoms with Crippen LogP contribution in [0, 0.1) is 0 Å². The molecule has 1 heterocycles. The van der Waals surface area contributed by atoms with E-state index in [9.17, 15) is 4.79 Å². The standard InChI is InChI=1S/C11H17ClN4O2/c1-11(2,3)18-10(17)15-5-4-14-9-8(12)6-13-7-16-9/h6-7H,4-5H2,1-3H3,(H,15,17)(H,13,14,16). The van der Waals surface area contributed by atoms with Crippen molar-refractivity contribution < 1.29 is 9.53 Å². The molecule has 1 amide bonds. The number of alkyl carbamates (subject to hydrolysis) is 1. The summed E-state index contributed by atoms with van der Waals surface area (Å²) >= 11 is 5.85. The maximum absolute atomic E-state index is 11.3. The van der Waals surface area contributed by atoms with Crippen LogP contribution < -0.4 is 10.6 Å². The van der Waals surface area contributed by atoms with Crippen LogP contribution >= 0.6 is 11.6 Å². The second-order valence-corrected chi connectivity index (χ2v) is 4.98. The summed E-state index contributed by atoms with van der Waals surface area (Å²) in [5.74, 6) is 0.539. The van der Waals surface area contributed by atoms with Gasteiger partial charge in [0, 0.05) is 13.1 Å². The fourth-order valence-corrected chi connectivity index (χ4v) is 1.27. The number of aromatic nitrogens is 2. The number of amides is 1. The smallest absolute Gasteiger partial charge is 0.407 e. The molecule has 0 aliphatic rings. The number of hydrogen-bond donors (Lipinski definition) is 2. The molecule has 1 rings (SSSR count). The van der Waals surface area contributed by atoms with Crippen LogP contribution in [0.1, 0.15) is 20.8 Å². The number of anilines is 1. The van der Waals surface area contributed by atoms with Crippen LogP contribution in [0.2, 0.25) is 5.02 Å². The van der Waals surface area contributed by atoms with Crippen LogP contribution in [0.3, 0.4) is 0 Å². The number of carbonyl (C=O) groups excluding carboxylic acids is 1. The summed E-state index contributed by atoms with van der Waals surface area (Å²) < 4.78 is 5.08. The largest absolute Gasteiger partial charge is 0.444 e. The van der Waals surface area contributed by atoms with Crippen molar-refractivity contribution in [2.24, 2.45) is 0 Å². The van der Waals surface area contributed by atoms with Gasteiger partial charge in [-0.25, -0.2) is 14.8 Å². The van der Waals surface area contributed by atoms with E-state index in [0.717, 1.165) is 0 Å². The zero-order valence-electron chi connectivity index (χ0n) is 10.7. The van der Waals surface area contributed by atoms with Crippen molar-refractivity contribution in [3.05, 3.63) is 17.5 Å². The second kappa shape index (κ2) is 6.39. The summed E-state index contributed by atoms with van der Waals surface area (Å²) in [6.07, 6.45) is 2.45. The van der Waals surface area contributed by atoms with Gasteiger partial charge in [-0.1, -0.05) is 11.6 Å². The highest BCUT2D eigenvalue weighted by Gasteiger charge is 2.15. The highest BCUT2D eigenvalue weighted by Crippen LogP contribution is 2.15. The molecule has 0 saturated heterocycles. The van der Waals surface area contributed by atoms with Crippen molar-refractivity contribution in [2.45, 2.75) is 26.4 Å². The van der Waals surface area contributed by atoms with E-state index >= 15 is 0 Å². The Morgan fingerprint density at radius 1 is 1.44 bits per heavy atom. The third-order valence-corrected chi connectivity index (χ3v) is 2.03. The quantitative estimate of drug-likeness (QED) is 0.821. The molecule has 2 N–H and O–H groups in total. The summed E-state index contributed by atoms with van der Waals surface area (Å²) in [5, 5.41) is 6.04. The van der Waals surface area contributed by atoms with E-state index in [1.807, 2.05) is 20.8 Å². The number of nitrogens with one attached hydrogen (secondary N) is 2. The fraction of sp³-hybridized carbons (Fsp3) is 0.545. The normalized spacial score (nSPS) is 10.9. The average Bonchev–Trinajstić information content (AvgIpc) is 2.24. The molecule has 0 aromatic carbocycles. The first-order chi connectivity index (χ1) is 8.38. The Balaban J connectivity index is 2.23. The second-order valence-electron chi connectivity index (χ2n) is 4.57. The molecule has 0 atom stereocenters. The Bertz CT molecular complexity index is 406. The minimum absolute atomic E-state index is 0.412. The number of rotatable bonds is 4. The van der Waals surface area contributed by atoms with E-state index in [-0.39, 0.29) is 0 Å². The molecule has 6 nitrogen and oxygen atoms in total. The predicted octanol–water partition coefficient (Wildman–Crippen LogP) is 2.07. The van der Waals surface area contributed by atoms with Gasteiger partial charge in [0.1, 0.15) is 22.8 Å². The summed E-state index contributed by atoms with van der Waals surface area (Å²) in [4.78, 5) is 19.0. The number of carbonyl (C=O) groups is 1. The third-order valence-electron chi connectivity index (χ3n) is 1.75. The first kappa shape index (κ1) is 14.5. The molecule has 0 radical (unpaired) electrons. The number of ether oxygens (including phenoxy) is 1. The van der Waals surface area contributed by atoms with Gasteiger partial charge in [-0.2, -0.15) is 0 Å². The van der Waals surface area contributed by atoms with Crippen LogP contribution in [0.4, 0.5) is 10.6 Å². The minimum Gasteiger partial charge on any atom is -0.444 e. The number of nitrogens with zero attached hydrogens (tertiary/aromatic N) is 2. The van der Waals surface area contributed by atoms with Gasteiger partial charge in [0.15, 0.2) is 0 Å². The van der Waals surface area contributed by atoms with Crippen molar-refractivity contribution in [2.75, 3.05) is 18.4 Å². The molecule has 18 heavy (non-hydrogen) atoms. The van der Waals surface area contributed by atoms with E-state index in [0.29, 0.717) is 23.9 Å². The van der Waals surface area contributed by atoms with E-state index < -0.39 is 11.7 Å². The lowest BCUT2D eigenvalue weighted by molar-refractivity contribution is 0.0530. The molecule has 1 aromatic rings. The Hall–Kier alpha value is -1.56. The van der Waals surface area contributed by atoms with Crippen LogP contribution in [0.15, 0.2) is 12.5 Å². The molecule has 0 aliphatic carbocycles. The Morgan fingerprint density at radius 3 is 2.78 bits per heavy atom. The van der Waals surface area contributed by atoms with Gasteiger partial charge in [-0.05, 0) is 20.8 Å². The lowest BCUT2D eigenvalue weighted by Gasteiger charge is -2.19. The highest BCUT2D eigenvalue weighted by molar-refractivity contribution is 6.32. The summed E-state index contributed by atoms with van der Waals surface area (Å²) in [7, 11) is 0. The van der Waals surface area contributed by atoms with Gasteiger partial charge in [-0.15, -0.1) is 0 Å². The molecule has 0 bridgehead atoms. The van der Waals surface area contributed by atoms with E-state index in [4.69, 9.17) is 16.3 Å². The highest BCUT2D eigenvalue weighted by atomic mass is 35.5. The first-order valence-corrected chi connectivity index (χ1v) is 5.92. The van der Waals surface area contributed by atoms with E-state index in [2.05, 4.69) is 20.6 Å². The number of halogens is 1. The maximum atomic E-state index is 11.3. The minimum atomic E-state index is -0.493. The van der Waals surface area contributed by atoms with Gasteiger partial charge in [0.05, 0.1) is 6.20 Å². The molecule has 7 heteroatoms. The van der Waals surface area contributed by atoms with Gasteiger partial charge < -0.3 is 15.4 Å². The lowest BCUT2D eigenvalue weighted by atomic mass is 10.2. The van der Waals surface area contributed by atoms with E-state index in [1.54, 1.807) is 0 Å². The molecular formula is C11H17ClN4O2. The maximum Gasteiger partial charge on any atom is 0.407 e. The summed E-state index contributed by atoms with van der Waals surface area (Å²) in [5.41, 5.74) is -0.493. The zero-order valence-corrected chi connectivity index (χ0v) is 11.4. The monoisotopic (exact) mass is 272 g/mol. The van der Waals surface area contributed by atoms with Crippen LogP contribution in [0.5, 0.6) is 0 Å². The number of hydrogen-bond acceptors (Lipinski definition) is 5. The van der Waals surface area contributed by atoms with E-state index in [1.165, 1.54) is 12.5 Å². The lowest BCUT2D eigenvalue weighted by Crippen LogP contribution is -2.35. The van der Waals surface area contributed by atoms with Gasteiger partial charge in [0.2, 0.25) is 0 Å². The molecule has 0 unspecified atom stereocenters. The Labute approximate surface area is 111 Å². The van der Waals surface area contributed by atoms with Gasteiger partial charge >= 0.3 is 6.09 Å². The van der Waals surface area contributed by atoms with Crippen molar-refractivity contribution in [3.63, 3.8) is 0 Å². The van der Waals surface area contributed by atoms with Crippen LogP contribution in [-0.4, -0.2) is 34.8 Å². The van der Waals surface area contributed by atoms with Gasteiger partial charge in [-0.3, -0.25) is 0 Å². The molecule has 0 spiro atoms. The third kappa shape index (κ3) is 5.67. The van der Waals surface area contributed by atoms with Crippen molar-refractivity contribution in [1.29, 1.82) is 0 Å². The predicted molar refractivity (Wildman–Crippen MR) is 69.8 cm³/mol. The summed E-state index contributed by atoms with van der Waals surface area (Å²) in [6, 6.07) is 0. The molecule has 0 fully saturated rings. The molecule has 0 aliphatic heterocycles. The molecular weight excluding hydrogens is 256 g/mol. The SMILES string of the molecule is CC(C)(C)OC(=O)NCCNc1ncncc1Cl. The molecule has 1 aromatic heterocycles. The van der Waals surface area contributed by atoms with Crippen molar-refractivity contribution >= 4 is 23.5 Å². The van der Waals surface area contributed by atoms with Crippen LogP contribution in [0.25, 0.3) is 0 Å². The topological polar surface area (TPSA) is 76.1 Å². The Morgan fingerprint density at radius 2 is 2.17 bits per heavy atom. The van der Waals surface area contributed by atoms with Crippen molar-refractivity contribution in [3.8, 4) is 0 Å². The molecule has 100 valence electrons. The van der Waals surface area contributed by atoms with Gasteiger partial charge in [0.25, 0.3) is 0 Å². The fourth-order valence-electron chi connectivity index (χ4n) is 1.10. The van der Waals surface area contributed by atoms with Crippen molar-refractivity contribution in [1.82, 2.24) is 15.3 Å². The average molecular weight is 273 g/mol. The zero-order chi connectivity index (χ0) is 13.6. The Kier molecular flexibility index (Phi) is 5.15. The first-order valence-electron chi connectivity index (χ1n) is 5.55. The molecule has 0 saturated carbocycles. The summed E-state index contributed by atoms with van der Waals surface area (Å²) in [6.45, 7) is 6.34. The van der Waals surface area contributed by atoms with Crippen LogP contribution in [-0.2, 0) is 4.74 Å².